The van der Waals surface area contributed by atoms with Gasteiger partial charge in [0.05, 0.1) is 12.7 Å². The number of fused-ring (bicyclic) bond motifs is 3. The maximum absolute atomic E-state index is 12.6. The van der Waals surface area contributed by atoms with Crippen molar-refractivity contribution in [2.75, 3.05) is 0 Å². The predicted molar refractivity (Wildman–Crippen MR) is 105 cm³/mol. The average Bonchev–Trinajstić information content (AvgIpc) is 2.54. The van der Waals surface area contributed by atoms with Crippen LogP contribution in [0.4, 0.5) is 0 Å². The van der Waals surface area contributed by atoms with E-state index in [0.29, 0.717) is 11.6 Å². The second-order valence-electron chi connectivity index (χ2n) is 7.89. The van der Waals surface area contributed by atoms with Crippen LogP contribution in [0.5, 0.6) is 0 Å². The lowest BCUT2D eigenvalue weighted by molar-refractivity contribution is -0.155. The van der Waals surface area contributed by atoms with Gasteiger partial charge in [0.15, 0.2) is 0 Å². The van der Waals surface area contributed by atoms with Crippen LogP contribution in [0.1, 0.15) is 38.8 Å². The summed E-state index contributed by atoms with van der Waals surface area (Å²) in [7, 11) is 0. The number of pyridine rings is 1. The lowest BCUT2D eigenvalue weighted by Crippen LogP contribution is -2.31. The third-order valence-corrected chi connectivity index (χ3v) is 4.56. The summed E-state index contributed by atoms with van der Waals surface area (Å²) in [6.07, 6.45) is 2.46. The molecule has 1 aromatic heterocycles. The van der Waals surface area contributed by atoms with Crippen LogP contribution in [0.3, 0.4) is 0 Å². The zero-order valence-corrected chi connectivity index (χ0v) is 16.8. The predicted octanol–water partition coefficient (Wildman–Crippen LogP) is 3.97. The highest BCUT2D eigenvalue weighted by Crippen LogP contribution is 2.32. The number of aromatic nitrogens is 1. The minimum Gasteiger partial charge on any atom is -0.459 e. The number of nitrogens with zero attached hydrogens (tertiary/aromatic N) is 1. The molecule has 0 saturated heterocycles. The van der Waals surface area contributed by atoms with E-state index >= 15 is 0 Å². The molecule has 3 rings (SSSR count). The van der Waals surface area contributed by atoms with Crippen LogP contribution in [0, 0.1) is 0 Å². The quantitative estimate of drug-likeness (QED) is 0.729. The first-order valence-electron chi connectivity index (χ1n) is 8.98. The Hall–Kier alpha value is -2.11. The highest BCUT2D eigenvalue weighted by atomic mass is 35.5. The maximum Gasteiger partial charge on any atom is 0.326 e. The van der Waals surface area contributed by atoms with Crippen molar-refractivity contribution in [1.82, 2.24) is 4.57 Å². The SMILES string of the molecule is CC1Cc2ccc(Cl)cc2-c2cc(=O)n(CC(=O)OC(C)(C)C)cc2CO1. The summed E-state index contributed by atoms with van der Waals surface area (Å²) in [5.74, 6) is -0.451. The number of halogens is 1. The number of rotatable bonds is 2. The first-order valence-corrected chi connectivity index (χ1v) is 9.36. The summed E-state index contributed by atoms with van der Waals surface area (Å²) in [6.45, 7) is 7.62. The average molecular weight is 390 g/mol. The summed E-state index contributed by atoms with van der Waals surface area (Å²) in [5, 5.41) is 0.617. The molecule has 1 aliphatic heterocycles. The molecule has 0 aliphatic carbocycles. The molecule has 0 bridgehead atoms. The van der Waals surface area contributed by atoms with Gasteiger partial charge in [-0.1, -0.05) is 17.7 Å². The van der Waals surface area contributed by atoms with Crippen molar-refractivity contribution in [3.8, 4) is 11.1 Å². The van der Waals surface area contributed by atoms with Gasteiger partial charge in [0, 0.05) is 22.8 Å². The number of carbonyl (C=O) groups excluding carboxylic acids is 1. The first kappa shape index (κ1) is 19.6. The minimum atomic E-state index is -0.599. The molecular formula is C21H24ClNO4. The van der Waals surface area contributed by atoms with Gasteiger partial charge in [0.2, 0.25) is 0 Å². The fraction of sp³-hybridized carbons (Fsp3) is 0.429. The van der Waals surface area contributed by atoms with E-state index in [-0.39, 0.29) is 18.2 Å². The molecule has 1 aromatic carbocycles. The van der Waals surface area contributed by atoms with Crippen molar-refractivity contribution < 1.29 is 14.3 Å². The van der Waals surface area contributed by atoms with Crippen LogP contribution in [-0.2, 0) is 33.8 Å². The monoisotopic (exact) mass is 389 g/mol. The normalized spacial score (nSPS) is 16.7. The zero-order chi connectivity index (χ0) is 19.8. The topological polar surface area (TPSA) is 57.5 Å². The molecule has 1 aliphatic rings. The highest BCUT2D eigenvalue weighted by molar-refractivity contribution is 6.30. The summed E-state index contributed by atoms with van der Waals surface area (Å²) in [5.41, 5.74) is 2.79. The number of carbonyl (C=O) groups is 1. The Kier molecular flexibility index (Phi) is 5.45. The van der Waals surface area contributed by atoms with Crippen molar-refractivity contribution in [1.29, 1.82) is 0 Å². The highest BCUT2D eigenvalue weighted by Gasteiger charge is 2.21. The van der Waals surface area contributed by atoms with Crippen LogP contribution in [-0.4, -0.2) is 22.2 Å². The van der Waals surface area contributed by atoms with E-state index in [1.807, 2.05) is 25.1 Å². The molecule has 1 atom stereocenters. The first-order chi connectivity index (χ1) is 12.6. The second kappa shape index (κ2) is 7.49. The van der Waals surface area contributed by atoms with Crippen molar-refractivity contribution in [2.45, 2.75) is 59.0 Å². The number of esters is 1. The molecule has 0 radical (unpaired) electrons. The van der Waals surface area contributed by atoms with Crippen molar-refractivity contribution in [3.63, 3.8) is 0 Å². The fourth-order valence-corrected chi connectivity index (χ4v) is 3.37. The molecule has 144 valence electrons. The molecule has 0 saturated carbocycles. The van der Waals surface area contributed by atoms with Gasteiger partial charge in [0.1, 0.15) is 12.1 Å². The van der Waals surface area contributed by atoms with Crippen LogP contribution < -0.4 is 5.56 Å². The van der Waals surface area contributed by atoms with Crippen molar-refractivity contribution in [2.24, 2.45) is 0 Å². The zero-order valence-electron chi connectivity index (χ0n) is 16.0. The Morgan fingerprint density at radius 2 is 1.96 bits per heavy atom. The van der Waals surface area contributed by atoms with Gasteiger partial charge in [-0.15, -0.1) is 0 Å². The van der Waals surface area contributed by atoms with Gasteiger partial charge in [0.25, 0.3) is 5.56 Å². The Labute approximate surface area is 163 Å². The lowest BCUT2D eigenvalue weighted by Gasteiger charge is -2.23. The molecule has 0 fully saturated rings. The van der Waals surface area contributed by atoms with Crippen LogP contribution >= 0.6 is 11.6 Å². The molecule has 27 heavy (non-hydrogen) atoms. The van der Waals surface area contributed by atoms with Gasteiger partial charge in [-0.2, -0.15) is 0 Å². The van der Waals surface area contributed by atoms with E-state index in [4.69, 9.17) is 21.1 Å². The smallest absolute Gasteiger partial charge is 0.326 e. The van der Waals surface area contributed by atoms with E-state index in [1.54, 1.807) is 33.0 Å². The van der Waals surface area contributed by atoms with E-state index in [0.717, 1.165) is 28.7 Å². The van der Waals surface area contributed by atoms with E-state index in [2.05, 4.69) is 0 Å². The fourth-order valence-electron chi connectivity index (χ4n) is 3.20. The summed E-state index contributed by atoms with van der Waals surface area (Å²) in [6, 6.07) is 7.25. The third-order valence-electron chi connectivity index (χ3n) is 4.32. The summed E-state index contributed by atoms with van der Waals surface area (Å²) >= 11 is 6.20. The Morgan fingerprint density at radius 3 is 2.67 bits per heavy atom. The Balaban J connectivity index is 2.03. The van der Waals surface area contributed by atoms with Crippen molar-refractivity contribution >= 4 is 17.6 Å². The minimum absolute atomic E-state index is 0.0318. The molecule has 6 heteroatoms. The standard InChI is InChI=1S/C21H24ClNO4/c1-13-7-14-5-6-16(22)8-17(14)18-9-19(24)23(10-15(18)12-26-13)11-20(25)27-21(2,3)4/h5-6,8-10,13H,7,11-12H2,1-4H3. The molecule has 0 spiro atoms. The molecule has 0 N–H and O–H groups in total. The number of ether oxygens (including phenoxy) is 2. The van der Waals surface area contributed by atoms with Crippen LogP contribution in [0.25, 0.3) is 11.1 Å². The molecule has 1 unspecified atom stereocenters. The summed E-state index contributed by atoms with van der Waals surface area (Å²) in [4.78, 5) is 24.8. The van der Waals surface area contributed by atoms with E-state index in [1.165, 1.54) is 4.57 Å². The maximum atomic E-state index is 12.6. The van der Waals surface area contributed by atoms with Gasteiger partial charge in [-0.3, -0.25) is 9.59 Å². The molecular weight excluding hydrogens is 366 g/mol. The van der Waals surface area contributed by atoms with E-state index in [9.17, 15) is 9.59 Å². The lowest BCUT2D eigenvalue weighted by atomic mass is 9.93. The molecule has 2 aromatic rings. The summed E-state index contributed by atoms with van der Waals surface area (Å²) < 4.78 is 12.6. The van der Waals surface area contributed by atoms with Crippen LogP contribution in [0.15, 0.2) is 35.3 Å². The number of hydrogen-bond donors (Lipinski definition) is 0. The van der Waals surface area contributed by atoms with E-state index < -0.39 is 11.6 Å². The molecule has 0 amide bonds. The Morgan fingerprint density at radius 1 is 1.26 bits per heavy atom. The third kappa shape index (κ3) is 4.79. The largest absolute Gasteiger partial charge is 0.459 e. The van der Waals surface area contributed by atoms with Gasteiger partial charge >= 0.3 is 5.97 Å². The van der Waals surface area contributed by atoms with Gasteiger partial charge in [-0.05, 0) is 62.9 Å². The van der Waals surface area contributed by atoms with Gasteiger partial charge < -0.3 is 14.0 Å². The number of hydrogen-bond acceptors (Lipinski definition) is 4. The van der Waals surface area contributed by atoms with Crippen molar-refractivity contribution in [3.05, 3.63) is 57.0 Å². The number of benzene rings is 1. The molecule has 2 heterocycles. The van der Waals surface area contributed by atoms with Gasteiger partial charge in [-0.25, -0.2) is 0 Å². The van der Waals surface area contributed by atoms with Crippen LogP contribution in [0.2, 0.25) is 5.02 Å². The molecule has 5 nitrogen and oxygen atoms in total. The Bertz CT molecular complexity index is 927. The second-order valence-corrected chi connectivity index (χ2v) is 8.33.